The zero-order valence-electron chi connectivity index (χ0n) is 15.7. The molecule has 3 rings (SSSR count). The van der Waals surface area contributed by atoms with Crippen molar-refractivity contribution < 1.29 is 14.7 Å². The number of benzene rings is 1. The van der Waals surface area contributed by atoms with Gasteiger partial charge in [-0.2, -0.15) is 5.10 Å². The minimum atomic E-state index is -1.11. The summed E-state index contributed by atoms with van der Waals surface area (Å²) >= 11 is 6.27. The molecule has 1 aromatic carbocycles. The lowest BCUT2D eigenvalue weighted by Gasteiger charge is -2.14. The summed E-state index contributed by atoms with van der Waals surface area (Å²) in [6, 6.07) is 10.1. The third kappa shape index (κ3) is 4.46. The molecule has 2 aromatic heterocycles. The number of carbonyl (C=O) groups excluding carboxylic acids is 1. The van der Waals surface area contributed by atoms with Gasteiger partial charge in [0.2, 0.25) is 0 Å². The lowest BCUT2D eigenvalue weighted by Crippen LogP contribution is -2.19. The molecule has 2 heterocycles. The molecule has 0 atom stereocenters. The van der Waals surface area contributed by atoms with Crippen LogP contribution in [0.15, 0.2) is 42.6 Å². The third-order valence-corrected chi connectivity index (χ3v) is 4.38. The molecule has 9 nitrogen and oxygen atoms in total. The van der Waals surface area contributed by atoms with E-state index in [1.54, 1.807) is 37.4 Å². The number of rotatable bonds is 7. The molecule has 0 bridgehead atoms. The summed E-state index contributed by atoms with van der Waals surface area (Å²) in [5, 5.41) is 22.3. The molecular formula is C19H19ClN6O3. The molecule has 0 saturated carbocycles. The number of pyridine rings is 1. The summed E-state index contributed by atoms with van der Waals surface area (Å²) in [7, 11) is 1.56. The Bertz CT molecular complexity index is 1070. The molecule has 0 aliphatic carbocycles. The van der Waals surface area contributed by atoms with Crippen molar-refractivity contribution in [1.29, 1.82) is 0 Å². The number of anilines is 4. The van der Waals surface area contributed by atoms with E-state index in [2.05, 4.69) is 26.0 Å². The van der Waals surface area contributed by atoms with Gasteiger partial charge in [0.25, 0.3) is 5.91 Å². The molecule has 10 heteroatoms. The van der Waals surface area contributed by atoms with Crippen LogP contribution in [0.4, 0.5) is 23.0 Å². The summed E-state index contributed by atoms with van der Waals surface area (Å²) in [5.41, 5.74) is 1.51. The summed E-state index contributed by atoms with van der Waals surface area (Å²) in [4.78, 5) is 27.5. The van der Waals surface area contributed by atoms with Crippen molar-refractivity contribution in [1.82, 2.24) is 20.1 Å². The standard InChI is InChI=1S/C19H19ClN6O3/c1-3-26-17(9-15(25-26)19(28)29)24-16-8-14(12(20)10-22-16)23-13-7-5-4-6-11(13)18(27)21-2/h4-10H,3H2,1-2H3,(H,21,27)(H,28,29)(H2,22,23,24). The lowest BCUT2D eigenvalue weighted by molar-refractivity contribution is 0.0689. The molecule has 150 valence electrons. The minimum absolute atomic E-state index is 0.0684. The van der Waals surface area contributed by atoms with E-state index in [-0.39, 0.29) is 11.6 Å². The average Bonchev–Trinajstić information content (AvgIpc) is 3.13. The Labute approximate surface area is 171 Å². The van der Waals surface area contributed by atoms with Crippen molar-refractivity contribution in [2.24, 2.45) is 0 Å². The van der Waals surface area contributed by atoms with Crippen LogP contribution in [-0.4, -0.2) is 38.8 Å². The molecule has 0 aliphatic heterocycles. The number of amides is 1. The Balaban J connectivity index is 1.90. The fourth-order valence-corrected chi connectivity index (χ4v) is 2.82. The maximum Gasteiger partial charge on any atom is 0.356 e. The number of para-hydroxylation sites is 1. The van der Waals surface area contributed by atoms with Gasteiger partial charge in [-0.3, -0.25) is 4.79 Å². The van der Waals surface area contributed by atoms with E-state index >= 15 is 0 Å². The fraction of sp³-hybridized carbons (Fsp3) is 0.158. The first-order valence-corrected chi connectivity index (χ1v) is 9.12. The first-order valence-electron chi connectivity index (χ1n) is 8.74. The van der Waals surface area contributed by atoms with Crippen molar-refractivity contribution in [3.63, 3.8) is 0 Å². The number of aryl methyl sites for hydroxylation is 1. The van der Waals surface area contributed by atoms with Gasteiger partial charge in [0.05, 0.1) is 28.2 Å². The first-order chi connectivity index (χ1) is 13.9. The average molecular weight is 415 g/mol. The number of hydrogen-bond acceptors (Lipinski definition) is 6. The molecule has 0 spiro atoms. The Hall–Kier alpha value is -3.59. The molecule has 0 unspecified atom stereocenters. The highest BCUT2D eigenvalue weighted by Crippen LogP contribution is 2.29. The first kappa shape index (κ1) is 20.2. The lowest BCUT2D eigenvalue weighted by atomic mass is 10.1. The summed E-state index contributed by atoms with van der Waals surface area (Å²) in [5.74, 6) is -0.431. The molecule has 0 fully saturated rings. The van der Waals surface area contributed by atoms with Crippen LogP contribution in [0.2, 0.25) is 5.02 Å². The number of carboxylic acid groups (broad SMARTS) is 1. The van der Waals surface area contributed by atoms with E-state index in [1.165, 1.54) is 16.9 Å². The third-order valence-electron chi connectivity index (χ3n) is 4.08. The second kappa shape index (κ2) is 8.61. The zero-order valence-corrected chi connectivity index (χ0v) is 16.5. The molecule has 0 aliphatic rings. The van der Waals surface area contributed by atoms with Gasteiger partial charge in [0.15, 0.2) is 5.69 Å². The Morgan fingerprint density at radius 1 is 1.17 bits per heavy atom. The van der Waals surface area contributed by atoms with Gasteiger partial charge in [-0.15, -0.1) is 0 Å². The second-order valence-electron chi connectivity index (χ2n) is 5.96. The Kier molecular flexibility index (Phi) is 5.99. The van der Waals surface area contributed by atoms with Gasteiger partial charge >= 0.3 is 5.97 Å². The summed E-state index contributed by atoms with van der Waals surface area (Å²) in [6.07, 6.45) is 1.46. The minimum Gasteiger partial charge on any atom is -0.476 e. The van der Waals surface area contributed by atoms with Crippen LogP contribution in [-0.2, 0) is 6.54 Å². The van der Waals surface area contributed by atoms with Gasteiger partial charge in [0, 0.05) is 25.7 Å². The largest absolute Gasteiger partial charge is 0.476 e. The van der Waals surface area contributed by atoms with Crippen LogP contribution < -0.4 is 16.0 Å². The van der Waals surface area contributed by atoms with E-state index in [9.17, 15) is 9.59 Å². The van der Waals surface area contributed by atoms with E-state index in [4.69, 9.17) is 16.7 Å². The molecule has 1 amide bonds. The van der Waals surface area contributed by atoms with Gasteiger partial charge in [0.1, 0.15) is 11.6 Å². The maximum atomic E-state index is 12.1. The van der Waals surface area contributed by atoms with Crippen molar-refractivity contribution in [2.75, 3.05) is 17.7 Å². The number of hydrogen-bond donors (Lipinski definition) is 4. The number of aromatic carboxylic acids is 1. The topological polar surface area (TPSA) is 121 Å². The van der Waals surface area contributed by atoms with Gasteiger partial charge in [-0.05, 0) is 19.1 Å². The Morgan fingerprint density at radius 2 is 1.93 bits per heavy atom. The van der Waals surface area contributed by atoms with Gasteiger partial charge in [-0.1, -0.05) is 23.7 Å². The van der Waals surface area contributed by atoms with Crippen LogP contribution in [0.1, 0.15) is 27.8 Å². The quantitative estimate of drug-likeness (QED) is 0.466. The molecular weight excluding hydrogens is 396 g/mol. The number of nitrogens with zero attached hydrogens (tertiary/aromatic N) is 3. The number of carbonyl (C=O) groups is 2. The van der Waals surface area contributed by atoms with Crippen molar-refractivity contribution in [3.8, 4) is 0 Å². The number of aromatic nitrogens is 3. The highest BCUT2D eigenvalue weighted by Gasteiger charge is 2.15. The molecule has 3 aromatic rings. The van der Waals surface area contributed by atoms with E-state index in [0.29, 0.717) is 40.1 Å². The molecule has 0 saturated heterocycles. The van der Waals surface area contributed by atoms with Gasteiger partial charge in [-0.25, -0.2) is 14.5 Å². The van der Waals surface area contributed by atoms with Crippen molar-refractivity contribution in [3.05, 3.63) is 58.9 Å². The monoisotopic (exact) mass is 414 g/mol. The van der Waals surface area contributed by atoms with Crippen LogP contribution >= 0.6 is 11.6 Å². The molecule has 4 N–H and O–H groups in total. The summed E-state index contributed by atoms with van der Waals surface area (Å²) < 4.78 is 1.52. The zero-order chi connectivity index (χ0) is 21.0. The number of nitrogens with one attached hydrogen (secondary N) is 3. The highest BCUT2D eigenvalue weighted by atomic mass is 35.5. The van der Waals surface area contributed by atoms with Crippen LogP contribution in [0.25, 0.3) is 0 Å². The molecule has 29 heavy (non-hydrogen) atoms. The van der Waals surface area contributed by atoms with E-state index < -0.39 is 5.97 Å². The van der Waals surface area contributed by atoms with E-state index in [0.717, 1.165) is 0 Å². The smallest absolute Gasteiger partial charge is 0.356 e. The van der Waals surface area contributed by atoms with Crippen LogP contribution in [0, 0.1) is 0 Å². The molecule has 0 radical (unpaired) electrons. The van der Waals surface area contributed by atoms with Gasteiger partial charge < -0.3 is 21.1 Å². The fourth-order valence-electron chi connectivity index (χ4n) is 2.67. The Morgan fingerprint density at radius 3 is 2.62 bits per heavy atom. The van der Waals surface area contributed by atoms with Crippen molar-refractivity contribution in [2.45, 2.75) is 13.5 Å². The predicted molar refractivity (Wildman–Crippen MR) is 111 cm³/mol. The second-order valence-corrected chi connectivity index (χ2v) is 6.37. The number of halogens is 1. The normalized spacial score (nSPS) is 10.4. The summed E-state index contributed by atoms with van der Waals surface area (Å²) in [6.45, 7) is 2.33. The van der Waals surface area contributed by atoms with Crippen LogP contribution in [0.5, 0.6) is 0 Å². The number of carboxylic acids is 1. The van der Waals surface area contributed by atoms with Crippen LogP contribution in [0.3, 0.4) is 0 Å². The maximum absolute atomic E-state index is 12.1. The predicted octanol–water partition coefficient (Wildman–Crippen LogP) is 3.50. The highest BCUT2D eigenvalue weighted by molar-refractivity contribution is 6.33. The van der Waals surface area contributed by atoms with E-state index in [1.807, 2.05) is 6.92 Å². The SMILES string of the molecule is CCn1nc(C(=O)O)cc1Nc1cc(Nc2ccccc2C(=O)NC)c(Cl)cn1. The van der Waals surface area contributed by atoms with Crippen molar-refractivity contribution >= 4 is 46.5 Å².